The zero-order valence-electron chi connectivity index (χ0n) is 18.2. The number of thiazole rings is 1. The van der Waals surface area contributed by atoms with Crippen LogP contribution < -0.4 is 4.90 Å². The van der Waals surface area contributed by atoms with Crippen LogP contribution in [0.15, 0.2) is 47.4 Å². The fourth-order valence-electron chi connectivity index (χ4n) is 3.21. The number of fused-ring (bicyclic) bond motifs is 1. The highest BCUT2D eigenvalue weighted by Crippen LogP contribution is 2.30. The van der Waals surface area contributed by atoms with E-state index in [0.29, 0.717) is 28.4 Å². The molecule has 0 saturated heterocycles. The molecule has 0 N–H and O–H groups in total. The van der Waals surface area contributed by atoms with Crippen molar-refractivity contribution in [2.45, 2.75) is 25.7 Å². The van der Waals surface area contributed by atoms with Gasteiger partial charge in [0.2, 0.25) is 0 Å². The number of amides is 1. The molecule has 174 valence electrons. The molecule has 0 radical (unpaired) electrons. The molecule has 2 aromatic carbocycles. The number of nitrogens with zero attached hydrogens (tertiary/aromatic N) is 3. The molecular weight excluding hydrogens is 473 g/mol. The van der Waals surface area contributed by atoms with E-state index in [1.54, 1.807) is 30.0 Å². The number of anilines is 1. The smallest absolute Gasteiger partial charge is 0.260 e. The molecule has 1 aromatic heterocycles. The number of sulfone groups is 1. The average molecular weight is 500 g/mol. The quantitative estimate of drug-likeness (QED) is 0.429. The van der Waals surface area contributed by atoms with Crippen molar-refractivity contribution in [3.05, 3.63) is 53.8 Å². The zero-order valence-corrected chi connectivity index (χ0v) is 20.7. The fourth-order valence-corrected chi connectivity index (χ4v) is 5.15. The van der Waals surface area contributed by atoms with Crippen molar-refractivity contribution in [2.24, 2.45) is 0 Å². The lowest BCUT2D eigenvalue weighted by molar-refractivity contribution is 0.0983. The van der Waals surface area contributed by atoms with E-state index in [0.717, 1.165) is 13.1 Å². The van der Waals surface area contributed by atoms with Gasteiger partial charge in [-0.3, -0.25) is 9.69 Å². The molecule has 3 rings (SSSR count). The lowest BCUT2D eigenvalue weighted by Gasteiger charge is -2.25. The second kappa shape index (κ2) is 11.2. The van der Waals surface area contributed by atoms with Crippen LogP contribution >= 0.6 is 23.7 Å². The van der Waals surface area contributed by atoms with Gasteiger partial charge in [-0.15, -0.1) is 12.4 Å². The van der Waals surface area contributed by atoms with E-state index in [1.165, 1.54) is 35.6 Å². The predicted molar refractivity (Wildman–Crippen MR) is 130 cm³/mol. The van der Waals surface area contributed by atoms with Gasteiger partial charge in [0, 0.05) is 18.7 Å². The lowest BCUT2D eigenvalue weighted by Crippen LogP contribution is -2.39. The second-order valence-corrected chi connectivity index (χ2v) is 10.3. The minimum absolute atomic E-state index is 0. The Morgan fingerprint density at radius 3 is 2.44 bits per heavy atom. The highest BCUT2D eigenvalue weighted by atomic mass is 35.5. The highest BCUT2D eigenvalue weighted by molar-refractivity contribution is 7.91. The van der Waals surface area contributed by atoms with Gasteiger partial charge in [0.15, 0.2) is 15.0 Å². The standard InChI is InChI=1S/C22H26FN3O3S2.ClH/c1-4-25(5-2)12-13-26(22-24-19-11-10-17(23)15-20(19)30-22)21(27)16-8-7-9-18(14-16)31(28,29)6-3;/h7-11,14-15H,4-6,12-13H2,1-3H3;1H. The third-order valence-electron chi connectivity index (χ3n) is 5.17. The van der Waals surface area contributed by atoms with Crippen LogP contribution in [0.5, 0.6) is 0 Å². The summed E-state index contributed by atoms with van der Waals surface area (Å²) >= 11 is 1.24. The molecule has 0 aliphatic rings. The van der Waals surface area contributed by atoms with Gasteiger partial charge in [-0.1, -0.05) is 38.2 Å². The molecule has 6 nitrogen and oxygen atoms in total. The zero-order chi connectivity index (χ0) is 22.6. The first-order valence-electron chi connectivity index (χ1n) is 10.2. The van der Waals surface area contributed by atoms with Crippen LogP contribution in [0, 0.1) is 5.82 Å². The molecule has 3 aromatic rings. The Labute approximate surface area is 198 Å². The van der Waals surface area contributed by atoms with Crippen molar-refractivity contribution in [3.8, 4) is 0 Å². The summed E-state index contributed by atoms with van der Waals surface area (Å²) in [4.78, 5) is 21.8. The highest BCUT2D eigenvalue weighted by Gasteiger charge is 2.23. The van der Waals surface area contributed by atoms with Crippen LogP contribution in [0.3, 0.4) is 0 Å². The van der Waals surface area contributed by atoms with E-state index in [1.807, 2.05) is 0 Å². The van der Waals surface area contributed by atoms with Crippen LogP contribution in [0.2, 0.25) is 0 Å². The molecule has 0 atom stereocenters. The van der Waals surface area contributed by atoms with Crippen LogP contribution in [0.25, 0.3) is 10.2 Å². The summed E-state index contributed by atoms with van der Waals surface area (Å²) in [6, 6.07) is 10.4. The minimum atomic E-state index is -3.44. The number of carbonyl (C=O) groups excluding carboxylic acids is 1. The summed E-state index contributed by atoms with van der Waals surface area (Å²) in [7, 11) is -3.44. The Hall–Kier alpha value is -2.07. The van der Waals surface area contributed by atoms with Gasteiger partial charge in [-0.25, -0.2) is 17.8 Å². The van der Waals surface area contributed by atoms with Crippen LogP contribution in [-0.4, -0.2) is 56.1 Å². The van der Waals surface area contributed by atoms with Crippen LogP contribution in [0.1, 0.15) is 31.1 Å². The van der Waals surface area contributed by atoms with Crippen molar-refractivity contribution in [1.82, 2.24) is 9.88 Å². The molecule has 1 amide bonds. The first-order valence-corrected chi connectivity index (χ1v) is 12.7. The van der Waals surface area contributed by atoms with Crippen LogP contribution in [-0.2, 0) is 9.84 Å². The number of rotatable bonds is 9. The monoisotopic (exact) mass is 499 g/mol. The molecule has 32 heavy (non-hydrogen) atoms. The van der Waals surface area contributed by atoms with Gasteiger partial charge < -0.3 is 4.90 Å². The number of halogens is 2. The number of hydrogen-bond acceptors (Lipinski definition) is 6. The van der Waals surface area contributed by atoms with E-state index in [4.69, 9.17) is 0 Å². The molecule has 0 aliphatic heterocycles. The number of benzene rings is 2. The molecule has 10 heteroatoms. The predicted octanol–water partition coefficient (Wildman–Crippen LogP) is 4.64. The first-order chi connectivity index (χ1) is 14.8. The molecule has 0 fully saturated rings. The van der Waals surface area contributed by atoms with Crippen molar-refractivity contribution >= 4 is 54.8 Å². The summed E-state index contributed by atoms with van der Waals surface area (Å²) in [5.41, 5.74) is 0.892. The van der Waals surface area contributed by atoms with Crippen molar-refractivity contribution in [2.75, 3.05) is 36.8 Å². The molecule has 1 heterocycles. The largest absolute Gasteiger partial charge is 0.302 e. The van der Waals surface area contributed by atoms with Gasteiger partial charge in [0.05, 0.1) is 20.9 Å². The molecule has 0 saturated carbocycles. The maximum absolute atomic E-state index is 13.6. The Kier molecular flexibility index (Phi) is 9.15. The SMILES string of the molecule is CCN(CC)CCN(C(=O)c1cccc(S(=O)(=O)CC)c1)c1nc2ccc(F)cc2s1.Cl. The first kappa shape index (κ1) is 26.2. The molecule has 0 aliphatic carbocycles. The van der Waals surface area contributed by atoms with E-state index in [-0.39, 0.29) is 40.3 Å². The summed E-state index contributed by atoms with van der Waals surface area (Å²) in [5, 5.41) is 0.460. The Bertz CT molecular complexity index is 1180. The van der Waals surface area contributed by atoms with E-state index in [9.17, 15) is 17.6 Å². The Balaban J connectivity index is 0.00000363. The van der Waals surface area contributed by atoms with E-state index in [2.05, 4.69) is 23.7 Å². The normalized spacial score (nSPS) is 11.5. The summed E-state index contributed by atoms with van der Waals surface area (Å²) in [5.74, 6) is -0.735. The maximum atomic E-state index is 13.6. The molecule has 0 bridgehead atoms. The van der Waals surface area contributed by atoms with Crippen molar-refractivity contribution < 1.29 is 17.6 Å². The van der Waals surface area contributed by atoms with Crippen molar-refractivity contribution in [1.29, 1.82) is 0 Å². The maximum Gasteiger partial charge on any atom is 0.260 e. The van der Waals surface area contributed by atoms with Crippen LogP contribution in [0.4, 0.5) is 9.52 Å². The average Bonchev–Trinajstić information content (AvgIpc) is 3.19. The van der Waals surface area contributed by atoms with E-state index >= 15 is 0 Å². The summed E-state index contributed by atoms with van der Waals surface area (Å²) in [6.07, 6.45) is 0. The van der Waals surface area contributed by atoms with Gasteiger partial charge in [0.25, 0.3) is 5.91 Å². The fraction of sp³-hybridized carbons (Fsp3) is 0.364. The third kappa shape index (κ3) is 5.83. The number of carbonyl (C=O) groups is 1. The number of likely N-dealkylation sites (N-methyl/N-ethyl adjacent to an activating group) is 1. The topological polar surface area (TPSA) is 70.6 Å². The number of aromatic nitrogens is 1. The van der Waals surface area contributed by atoms with Gasteiger partial charge in [-0.2, -0.15) is 0 Å². The van der Waals surface area contributed by atoms with Gasteiger partial charge >= 0.3 is 0 Å². The van der Waals surface area contributed by atoms with Crippen molar-refractivity contribution in [3.63, 3.8) is 0 Å². The molecule has 0 unspecified atom stereocenters. The lowest BCUT2D eigenvalue weighted by atomic mass is 10.2. The third-order valence-corrected chi connectivity index (χ3v) is 7.94. The summed E-state index contributed by atoms with van der Waals surface area (Å²) < 4.78 is 38.9. The summed E-state index contributed by atoms with van der Waals surface area (Å²) in [6.45, 7) is 8.37. The molecule has 0 spiro atoms. The van der Waals surface area contributed by atoms with E-state index < -0.39 is 9.84 Å². The Morgan fingerprint density at radius 2 is 1.78 bits per heavy atom. The number of hydrogen-bond donors (Lipinski definition) is 0. The minimum Gasteiger partial charge on any atom is -0.302 e. The Morgan fingerprint density at radius 1 is 1.06 bits per heavy atom. The second-order valence-electron chi connectivity index (χ2n) is 7.02. The van der Waals surface area contributed by atoms with Gasteiger partial charge in [0.1, 0.15) is 5.82 Å². The van der Waals surface area contributed by atoms with Gasteiger partial charge in [-0.05, 0) is 49.5 Å². The molecular formula is C22H27ClFN3O3S2.